The van der Waals surface area contributed by atoms with Crippen LogP contribution < -0.4 is 20.3 Å². The molecule has 30 heavy (non-hydrogen) atoms. The summed E-state index contributed by atoms with van der Waals surface area (Å²) >= 11 is 0.669. The number of nitrogens with one attached hydrogen (secondary N) is 2. The lowest BCUT2D eigenvalue weighted by atomic mass is 10.0. The largest absolute Gasteiger partial charge is 0.497 e. The first-order valence-corrected chi connectivity index (χ1v) is 9.27. The molecule has 1 atom stereocenters. The molecule has 2 N–H and O–H groups in total. The van der Waals surface area contributed by atoms with Crippen molar-refractivity contribution in [2.45, 2.75) is 6.92 Å². The number of hydrogen-bond acceptors (Lipinski definition) is 10. The van der Waals surface area contributed by atoms with E-state index in [0.717, 1.165) is 0 Å². The van der Waals surface area contributed by atoms with Crippen LogP contribution in [0.4, 0.5) is 15.5 Å². The Morgan fingerprint density at radius 1 is 1.23 bits per heavy atom. The molecule has 5 amide bonds. The summed E-state index contributed by atoms with van der Waals surface area (Å²) in [5.74, 6) is -5.42. The van der Waals surface area contributed by atoms with E-state index in [2.05, 4.69) is 14.9 Å². The van der Waals surface area contributed by atoms with Gasteiger partial charge in [0.1, 0.15) is 5.75 Å². The predicted molar refractivity (Wildman–Crippen MR) is 102 cm³/mol. The van der Waals surface area contributed by atoms with Crippen LogP contribution in [0.25, 0.3) is 0 Å². The van der Waals surface area contributed by atoms with Crippen LogP contribution in [0.3, 0.4) is 0 Å². The summed E-state index contributed by atoms with van der Waals surface area (Å²) in [5.41, 5.74) is -0.128. The number of benzene rings is 1. The van der Waals surface area contributed by atoms with Gasteiger partial charge in [0.25, 0.3) is 5.91 Å². The summed E-state index contributed by atoms with van der Waals surface area (Å²) in [6.07, 6.45) is 0. The normalized spacial score (nSPS) is 16.1. The molecule has 1 aliphatic heterocycles. The molecule has 1 aromatic carbocycles. The Kier molecular flexibility index (Phi) is 6.01. The fourth-order valence-corrected chi connectivity index (χ4v) is 3.13. The Morgan fingerprint density at radius 3 is 2.57 bits per heavy atom. The molecule has 2 aromatic rings. The predicted octanol–water partition coefficient (Wildman–Crippen LogP) is 0.561. The van der Waals surface area contributed by atoms with E-state index in [-0.39, 0.29) is 23.0 Å². The van der Waals surface area contributed by atoms with Gasteiger partial charge < -0.3 is 14.8 Å². The molecule has 12 nitrogen and oxygen atoms in total. The quantitative estimate of drug-likeness (QED) is 0.491. The second kappa shape index (κ2) is 8.65. The number of barbiturate groups is 1. The standard InChI is InChI=1S/C17H15N5O7S/c1-3-29-16(26)11-14(30-21-20-11)18-12(23)10-13(24)19-17(27)22(15(10)25)8-4-6-9(28-2)7-5-8/h4-7,10H,3H2,1-2H3,(H,18,23)(H,19,24,27). The number of esters is 1. The number of urea groups is 1. The molecule has 0 spiro atoms. The lowest BCUT2D eigenvalue weighted by Gasteiger charge is -2.29. The van der Waals surface area contributed by atoms with E-state index in [4.69, 9.17) is 9.47 Å². The maximum Gasteiger partial charge on any atom is 0.362 e. The molecular weight excluding hydrogens is 418 g/mol. The van der Waals surface area contributed by atoms with Gasteiger partial charge in [-0.25, -0.2) is 14.5 Å². The number of carbonyl (C=O) groups excluding carboxylic acids is 5. The third kappa shape index (κ3) is 3.96. The van der Waals surface area contributed by atoms with Gasteiger partial charge in [-0.2, -0.15) is 0 Å². The molecule has 1 aromatic heterocycles. The maximum absolute atomic E-state index is 12.8. The number of amides is 5. The van der Waals surface area contributed by atoms with E-state index in [9.17, 15) is 24.0 Å². The van der Waals surface area contributed by atoms with Crippen LogP contribution in [0.15, 0.2) is 24.3 Å². The Bertz CT molecular complexity index is 1020. The molecule has 0 radical (unpaired) electrons. The molecule has 1 saturated heterocycles. The zero-order valence-corrected chi connectivity index (χ0v) is 16.5. The maximum atomic E-state index is 12.8. The third-order valence-electron chi connectivity index (χ3n) is 3.95. The van der Waals surface area contributed by atoms with Gasteiger partial charge in [-0.1, -0.05) is 4.49 Å². The molecule has 1 fully saturated rings. The van der Waals surface area contributed by atoms with E-state index in [1.807, 2.05) is 5.32 Å². The number of ether oxygens (including phenoxy) is 2. The number of anilines is 2. The molecule has 0 bridgehead atoms. The van der Waals surface area contributed by atoms with Crippen molar-refractivity contribution in [2.75, 3.05) is 23.9 Å². The van der Waals surface area contributed by atoms with Crippen LogP contribution in [0.1, 0.15) is 17.4 Å². The van der Waals surface area contributed by atoms with Crippen molar-refractivity contribution in [3.8, 4) is 5.75 Å². The number of methoxy groups -OCH3 is 1. The zero-order valence-electron chi connectivity index (χ0n) is 15.7. The molecule has 156 valence electrons. The zero-order chi connectivity index (χ0) is 21.8. The molecule has 0 saturated carbocycles. The number of aromatic nitrogens is 2. The number of imide groups is 2. The van der Waals surface area contributed by atoms with Gasteiger partial charge in [0, 0.05) is 11.5 Å². The molecule has 1 aliphatic rings. The van der Waals surface area contributed by atoms with Crippen molar-refractivity contribution >= 4 is 51.9 Å². The molecule has 3 rings (SSSR count). The van der Waals surface area contributed by atoms with Gasteiger partial charge in [0.15, 0.2) is 10.9 Å². The van der Waals surface area contributed by atoms with Gasteiger partial charge in [0.05, 0.1) is 19.4 Å². The van der Waals surface area contributed by atoms with Crippen molar-refractivity contribution in [1.29, 1.82) is 0 Å². The fourth-order valence-electron chi connectivity index (χ4n) is 2.57. The minimum Gasteiger partial charge on any atom is -0.497 e. The summed E-state index contributed by atoms with van der Waals surface area (Å²) in [7, 11) is 1.45. The highest BCUT2D eigenvalue weighted by Crippen LogP contribution is 2.25. The molecule has 0 aliphatic carbocycles. The van der Waals surface area contributed by atoms with Crippen LogP contribution in [-0.4, -0.2) is 53.0 Å². The van der Waals surface area contributed by atoms with Gasteiger partial charge >= 0.3 is 12.0 Å². The van der Waals surface area contributed by atoms with Crippen molar-refractivity contribution < 1.29 is 33.4 Å². The highest BCUT2D eigenvalue weighted by Gasteiger charge is 2.46. The molecular formula is C17H15N5O7S. The van der Waals surface area contributed by atoms with E-state index < -0.39 is 35.6 Å². The number of hydrogen-bond donors (Lipinski definition) is 2. The molecule has 2 heterocycles. The first-order chi connectivity index (χ1) is 14.4. The second-order valence-corrected chi connectivity index (χ2v) is 6.51. The highest BCUT2D eigenvalue weighted by atomic mass is 32.1. The van der Waals surface area contributed by atoms with Crippen LogP contribution >= 0.6 is 11.5 Å². The number of nitrogens with zero attached hydrogens (tertiary/aromatic N) is 3. The average Bonchev–Trinajstić information content (AvgIpc) is 3.16. The summed E-state index contributed by atoms with van der Waals surface area (Å²) in [5, 5.41) is 7.74. The Balaban J connectivity index is 1.84. The van der Waals surface area contributed by atoms with Crippen molar-refractivity contribution in [3.05, 3.63) is 30.0 Å². The van der Waals surface area contributed by atoms with Gasteiger partial charge in [0.2, 0.25) is 17.5 Å². The average molecular weight is 433 g/mol. The highest BCUT2D eigenvalue weighted by molar-refractivity contribution is 7.10. The summed E-state index contributed by atoms with van der Waals surface area (Å²) in [6.45, 7) is 1.66. The van der Waals surface area contributed by atoms with Crippen molar-refractivity contribution in [1.82, 2.24) is 14.9 Å². The SMILES string of the molecule is CCOC(=O)c1nnsc1NC(=O)C1C(=O)NC(=O)N(c2ccc(OC)cc2)C1=O. The Labute approximate surface area is 173 Å². The third-order valence-corrected chi connectivity index (χ3v) is 4.59. The first kappa shape index (κ1) is 20.9. The van der Waals surface area contributed by atoms with Crippen molar-refractivity contribution in [3.63, 3.8) is 0 Å². The van der Waals surface area contributed by atoms with E-state index in [1.165, 1.54) is 31.4 Å². The number of rotatable bonds is 6. The lowest BCUT2D eigenvalue weighted by Crippen LogP contribution is -2.61. The number of carbonyl (C=O) groups is 5. The summed E-state index contributed by atoms with van der Waals surface area (Å²) in [6, 6.07) is 4.87. The van der Waals surface area contributed by atoms with E-state index >= 15 is 0 Å². The smallest absolute Gasteiger partial charge is 0.362 e. The Morgan fingerprint density at radius 2 is 1.93 bits per heavy atom. The fraction of sp³-hybridized carbons (Fsp3) is 0.235. The second-order valence-electron chi connectivity index (χ2n) is 5.76. The van der Waals surface area contributed by atoms with Gasteiger partial charge in [-0.15, -0.1) is 5.10 Å². The van der Waals surface area contributed by atoms with Gasteiger partial charge in [-0.05, 0) is 31.2 Å². The molecule has 1 unspecified atom stereocenters. The van der Waals surface area contributed by atoms with Crippen LogP contribution in [-0.2, 0) is 19.1 Å². The van der Waals surface area contributed by atoms with Crippen LogP contribution in [0.5, 0.6) is 5.75 Å². The summed E-state index contributed by atoms with van der Waals surface area (Å²) < 4.78 is 13.4. The van der Waals surface area contributed by atoms with Crippen LogP contribution in [0.2, 0.25) is 0 Å². The van der Waals surface area contributed by atoms with Crippen LogP contribution in [0, 0.1) is 5.92 Å². The lowest BCUT2D eigenvalue weighted by molar-refractivity contribution is -0.139. The topological polar surface area (TPSA) is 157 Å². The van der Waals surface area contributed by atoms with E-state index in [0.29, 0.717) is 22.2 Å². The molecule has 13 heteroatoms. The minimum absolute atomic E-state index is 0.0756. The first-order valence-electron chi connectivity index (χ1n) is 8.50. The van der Waals surface area contributed by atoms with E-state index in [1.54, 1.807) is 6.92 Å². The Hall–Kier alpha value is -3.87. The van der Waals surface area contributed by atoms with Crippen molar-refractivity contribution in [2.24, 2.45) is 5.92 Å². The summed E-state index contributed by atoms with van der Waals surface area (Å²) in [4.78, 5) is 62.4. The van der Waals surface area contributed by atoms with Gasteiger partial charge in [-0.3, -0.25) is 19.7 Å². The monoisotopic (exact) mass is 433 g/mol. The minimum atomic E-state index is -1.87.